The second-order valence-electron chi connectivity index (χ2n) is 6.15. The molecule has 8 heteroatoms. The summed E-state index contributed by atoms with van der Waals surface area (Å²) >= 11 is 0. The van der Waals surface area contributed by atoms with Gasteiger partial charge >= 0.3 is 0 Å². The monoisotopic (exact) mass is 395 g/mol. The van der Waals surface area contributed by atoms with Crippen LogP contribution in [0.25, 0.3) is 22.7 Å². The zero-order valence-corrected chi connectivity index (χ0v) is 16.0. The van der Waals surface area contributed by atoms with Crippen LogP contribution >= 0.6 is 0 Å². The number of nitrogens with one attached hydrogen (secondary N) is 1. The minimum Gasteiger partial charge on any atom is -0.495 e. The standard InChI is InChI=1S/C20H17N3O4S/c1-13-9-10-18(17(12-13)26-2)28(24,25)23-15-7-4-3-6-14(15)20-22-19-16(27-20)8-5-11-21-19/h3-12,23H,1-2H3. The first-order valence-corrected chi connectivity index (χ1v) is 9.95. The highest BCUT2D eigenvalue weighted by molar-refractivity contribution is 7.92. The Kier molecular flexibility index (Phi) is 4.48. The third kappa shape index (κ3) is 3.29. The lowest BCUT2D eigenvalue weighted by Crippen LogP contribution is -2.14. The lowest BCUT2D eigenvalue weighted by molar-refractivity contribution is 0.402. The number of oxazole rings is 1. The normalized spacial score (nSPS) is 11.5. The van der Waals surface area contributed by atoms with Crippen LogP contribution in [0.1, 0.15) is 5.56 Å². The number of fused-ring (bicyclic) bond motifs is 1. The van der Waals surface area contributed by atoms with Crippen LogP contribution in [0.3, 0.4) is 0 Å². The number of ether oxygens (including phenoxy) is 1. The molecule has 0 aliphatic carbocycles. The van der Waals surface area contributed by atoms with Gasteiger partial charge in [-0.15, -0.1) is 0 Å². The highest BCUT2D eigenvalue weighted by Gasteiger charge is 2.22. The van der Waals surface area contributed by atoms with E-state index < -0.39 is 10.0 Å². The van der Waals surface area contributed by atoms with Gasteiger partial charge in [0.25, 0.3) is 10.0 Å². The Morgan fingerprint density at radius 1 is 1.07 bits per heavy atom. The van der Waals surface area contributed by atoms with Gasteiger partial charge in [-0.25, -0.2) is 13.4 Å². The molecule has 28 heavy (non-hydrogen) atoms. The fourth-order valence-electron chi connectivity index (χ4n) is 2.84. The van der Waals surface area contributed by atoms with Crippen molar-refractivity contribution >= 4 is 26.9 Å². The first-order valence-electron chi connectivity index (χ1n) is 8.46. The summed E-state index contributed by atoms with van der Waals surface area (Å²) < 4.78 is 39.6. The molecule has 0 radical (unpaired) electrons. The molecule has 0 amide bonds. The molecule has 0 saturated heterocycles. The first kappa shape index (κ1) is 18.0. The number of aromatic nitrogens is 2. The molecule has 2 aromatic carbocycles. The smallest absolute Gasteiger partial charge is 0.265 e. The Bertz CT molecular complexity index is 1230. The second kappa shape index (κ2) is 6.97. The summed E-state index contributed by atoms with van der Waals surface area (Å²) in [7, 11) is -2.46. The van der Waals surface area contributed by atoms with Crippen LogP contribution in [0.4, 0.5) is 5.69 Å². The van der Waals surface area contributed by atoms with Crippen LogP contribution in [0, 0.1) is 6.92 Å². The van der Waals surface area contributed by atoms with E-state index in [0.29, 0.717) is 22.5 Å². The van der Waals surface area contributed by atoms with Crippen molar-refractivity contribution in [1.29, 1.82) is 0 Å². The van der Waals surface area contributed by atoms with E-state index in [4.69, 9.17) is 9.15 Å². The Morgan fingerprint density at radius 2 is 1.89 bits per heavy atom. The molecule has 0 aliphatic heterocycles. The van der Waals surface area contributed by atoms with Crippen molar-refractivity contribution in [2.75, 3.05) is 11.8 Å². The van der Waals surface area contributed by atoms with Crippen molar-refractivity contribution < 1.29 is 17.6 Å². The number of para-hydroxylation sites is 1. The highest BCUT2D eigenvalue weighted by Crippen LogP contribution is 2.32. The SMILES string of the molecule is COc1cc(C)ccc1S(=O)(=O)Nc1ccccc1-c1nc2ncccc2o1. The van der Waals surface area contributed by atoms with Crippen LogP contribution < -0.4 is 9.46 Å². The summed E-state index contributed by atoms with van der Waals surface area (Å²) in [6.45, 7) is 1.86. The first-order chi connectivity index (χ1) is 13.5. The number of methoxy groups -OCH3 is 1. The van der Waals surface area contributed by atoms with Crippen LogP contribution in [-0.2, 0) is 10.0 Å². The number of sulfonamides is 1. The van der Waals surface area contributed by atoms with E-state index in [1.807, 2.05) is 6.92 Å². The molecule has 0 saturated carbocycles. The lowest BCUT2D eigenvalue weighted by Gasteiger charge is -2.13. The van der Waals surface area contributed by atoms with Crippen LogP contribution in [0.15, 0.2) is 70.1 Å². The lowest BCUT2D eigenvalue weighted by atomic mass is 10.2. The van der Waals surface area contributed by atoms with Gasteiger partial charge in [-0.1, -0.05) is 18.2 Å². The molecule has 0 unspecified atom stereocenters. The maximum absolute atomic E-state index is 13.0. The Morgan fingerprint density at radius 3 is 2.68 bits per heavy atom. The number of nitrogens with zero attached hydrogens (tertiary/aromatic N) is 2. The number of anilines is 1. The molecule has 0 atom stereocenters. The van der Waals surface area contributed by atoms with Gasteiger partial charge in [0, 0.05) is 6.20 Å². The zero-order valence-electron chi connectivity index (χ0n) is 15.2. The fraction of sp³-hybridized carbons (Fsp3) is 0.100. The number of aryl methyl sites for hydroxylation is 1. The van der Waals surface area contributed by atoms with Crippen molar-refractivity contribution in [3.8, 4) is 17.2 Å². The number of hydrogen-bond donors (Lipinski definition) is 1. The number of rotatable bonds is 5. The van der Waals surface area contributed by atoms with E-state index in [-0.39, 0.29) is 16.5 Å². The van der Waals surface area contributed by atoms with Crippen molar-refractivity contribution in [1.82, 2.24) is 9.97 Å². The van der Waals surface area contributed by atoms with Crippen molar-refractivity contribution in [3.05, 3.63) is 66.4 Å². The average molecular weight is 395 g/mol. The van der Waals surface area contributed by atoms with Gasteiger partial charge in [-0.3, -0.25) is 4.72 Å². The molecule has 2 aromatic heterocycles. The predicted molar refractivity (Wildman–Crippen MR) is 106 cm³/mol. The van der Waals surface area contributed by atoms with E-state index in [0.717, 1.165) is 5.56 Å². The summed E-state index contributed by atoms with van der Waals surface area (Å²) in [6.07, 6.45) is 1.62. The Balaban J connectivity index is 1.77. The number of benzene rings is 2. The van der Waals surface area contributed by atoms with Crippen LogP contribution in [0.2, 0.25) is 0 Å². The average Bonchev–Trinajstić information content (AvgIpc) is 3.11. The van der Waals surface area contributed by atoms with Gasteiger partial charge in [-0.05, 0) is 48.9 Å². The van der Waals surface area contributed by atoms with Crippen LogP contribution in [-0.4, -0.2) is 25.5 Å². The maximum atomic E-state index is 13.0. The van der Waals surface area contributed by atoms with Gasteiger partial charge in [0.15, 0.2) is 11.2 Å². The number of pyridine rings is 1. The third-order valence-corrected chi connectivity index (χ3v) is 5.58. The summed E-state index contributed by atoms with van der Waals surface area (Å²) in [5, 5.41) is 0. The minimum atomic E-state index is -3.89. The molecule has 4 aromatic rings. The topological polar surface area (TPSA) is 94.3 Å². The molecule has 7 nitrogen and oxygen atoms in total. The van der Waals surface area contributed by atoms with Crippen LogP contribution in [0.5, 0.6) is 5.75 Å². The summed E-state index contributed by atoms with van der Waals surface area (Å²) in [5.74, 6) is 0.555. The molecule has 4 rings (SSSR count). The minimum absolute atomic E-state index is 0.0506. The maximum Gasteiger partial charge on any atom is 0.265 e. The van der Waals surface area contributed by atoms with E-state index in [1.165, 1.54) is 13.2 Å². The molecule has 142 valence electrons. The molecule has 1 N–H and O–H groups in total. The molecule has 0 fully saturated rings. The molecule has 2 heterocycles. The third-order valence-electron chi connectivity index (χ3n) is 4.18. The summed E-state index contributed by atoms with van der Waals surface area (Å²) in [6, 6.07) is 15.3. The summed E-state index contributed by atoms with van der Waals surface area (Å²) in [4.78, 5) is 8.56. The van der Waals surface area contributed by atoms with Gasteiger partial charge in [0.05, 0.1) is 18.4 Å². The van der Waals surface area contributed by atoms with Crippen molar-refractivity contribution in [2.24, 2.45) is 0 Å². The quantitative estimate of drug-likeness (QED) is 0.549. The fourth-order valence-corrected chi connectivity index (χ4v) is 4.07. The summed E-state index contributed by atoms with van der Waals surface area (Å²) in [5.41, 5.74) is 2.73. The molecular weight excluding hydrogens is 378 g/mol. The van der Waals surface area contributed by atoms with Gasteiger partial charge < -0.3 is 9.15 Å². The van der Waals surface area contributed by atoms with E-state index >= 15 is 0 Å². The largest absolute Gasteiger partial charge is 0.495 e. The van der Waals surface area contributed by atoms with E-state index in [1.54, 1.807) is 54.7 Å². The van der Waals surface area contributed by atoms with E-state index in [2.05, 4.69) is 14.7 Å². The van der Waals surface area contributed by atoms with E-state index in [9.17, 15) is 8.42 Å². The second-order valence-corrected chi connectivity index (χ2v) is 7.80. The van der Waals surface area contributed by atoms with Gasteiger partial charge in [-0.2, -0.15) is 4.98 Å². The van der Waals surface area contributed by atoms with Gasteiger partial charge in [0.2, 0.25) is 5.89 Å². The molecule has 0 aliphatic rings. The van der Waals surface area contributed by atoms with Gasteiger partial charge in [0.1, 0.15) is 10.6 Å². The molecule has 0 spiro atoms. The zero-order chi connectivity index (χ0) is 19.7. The van der Waals surface area contributed by atoms with Crippen molar-refractivity contribution in [3.63, 3.8) is 0 Å². The number of hydrogen-bond acceptors (Lipinski definition) is 6. The Labute approximate surface area is 162 Å². The molecular formula is C20H17N3O4S. The Hall–Kier alpha value is -3.39. The predicted octanol–water partition coefficient (Wildman–Crippen LogP) is 4.01. The highest BCUT2D eigenvalue weighted by atomic mass is 32.2. The van der Waals surface area contributed by atoms with Crippen molar-refractivity contribution in [2.45, 2.75) is 11.8 Å². The molecule has 0 bridgehead atoms.